The highest BCUT2D eigenvalue weighted by Gasteiger charge is 2.34. The van der Waals surface area contributed by atoms with Crippen LogP contribution in [0.4, 0.5) is 0 Å². The number of amides is 1. The molecule has 1 aromatic heterocycles. The van der Waals surface area contributed by atoms with Crippen molar-refractivity contribution in [2.24, 2.45) is 5.10 Å². The summed E-state index contributed by atoms with van der Waals surface area (Å²) in [7, 11) is 3.19. The molecule has 0 saturated heterocycles. The zero-order valence-corrected chi connectivity index (χ0v) is 19.6. The molecule has 0 spiro atoms. The lowest BCUT2D eigenvalue weighted by atomic mass is 10.0. The molecule has 3 aromatic rings. The number of rotatable bonds is 9. The van der Waals surface area contributed by atoms with Crippen molar-refractivity contribution in [3.63, 3.8) is 0 Å². The Hall–Kier alpha value is -3.52. The minimum atomic E-state index is -0.265. The fourth-order valence-electron chi connectivity index (χ4n) is 3.66. The average molecular weight is 467 g/mol. The normalized spacial score (nSPS) is 15.2. The Bertz CT molecular complexity index is 1110. The van der Waals surface area contributed by atoms with Gasteiger partial charge in [0.2, 0.25) is 0 Å². The van der Waals surface area contributed by atoms with Crippen LogP contribution in [-0.4, -0.2) is 44.1 Å². The van der Waals surface area contributed by atoms with Crippen LogP contribution in [0, 0.1) is 0 Å². The zero-order valence-electron chi connectivity index (χ0n) is 18.8. The summed E-state index contributed by atoms with van der Waals surface area (Å²) in [4.78, 5) is 14.2. The standard InChI is InChI=1S/C25H26N2O5S/c1-4-31-18-8-10-19(11-9-18)32-16-25(28)27-21(15-20(26-27)24-6-5-13-33-24)17-7-12-22(29-2)23(14-17)30-3/h5-14,21H,4,15-16H2,1-3H3. The van der Waals surface area contributed by atoms with Crippen molar-refractivity contribution >= 4 is 23.0 Å². The molecule has 172 valence electrons. The molecule has 1 aliphatic rings. The van der Waals surface area contributed by atoms with Crippen LogP contribution in [0.2, 0.25) is 0 Å². The lowest BCUT2D eigenvalue weighted by molar-refractivity contribution is -0.135. The van der Waals surface area contributed by atoms with Crippen LogP contribution in [0.1, 0.15) is 29.8 Å². The second-order valence-electron chi connectivity index (χ2n) is 7.29. The van der Waals surface area contributed by atoms with Crippen LogP contribution in [-0.2, 0) is 4.79 Å². The third-order valence-corrected chi connectivity index (χ3v) is 6.18. The summed E-state index contributed by atoms with van der Waals surface area (Å²) in [6.45, 7) is 2.40. The molecular formula is C25H26N2O5S. The smallest absolute Gasteiger partial charge is 0.281 e. The van der Waals surface area contributed by atoms with Crippen molar-refractivity contribution in [3.8, 4) is 23.0 Å². The Kier molecular flexibility index (Phi) is 7.14. The number of benzene rings is 2. The van der Waals surface area contributed by atoms with Crippen LogP contribution < -0.4 is 18.9 Å². The van der Waals surface area contributed by atoms with E-state index in [1.54, 1.807) is 37.7 Å². The highest BCUT2D eigenvalue weighted by atomic mass is 32.1. The first kappa shape index (κ1) is 22.7. The first-order valence-corrected chi connectivity index (χ1v) is 11.5. The Labute approximate surface area is 197 Å². The maximum absolute atomic E-state index is 13.2. The molecule has 2 heterocycles. The van der Waals surface area contributed by atoms with E-state index in [-0.39, 0.29) is 18.6 Å². The summed E-state index contributed by atoms with van der Waals surface area (Å²) < 4.78 is 22.0. The molecule has 1 aliphatic heterocycles. The van der Waals surface area contributed by atoms with Gasteiger partial charge < -0.3 is 18.9 Å². The topological polar surface area (TPSA) is 69.6 Å². The molecule has 2 aromatic carbocycles. The Balaban J connectivity index is 1.54. The molecule has 4 rings (SSSR count). The number of carbonyl (C=O) groups is 1. The number of carbonyl (C=O) groups excluding carboxylic acids is 1. The largest absolute Gasteiger partial charge is 0.494 e. The number of ether oxygens (including phenoxy) is 4. The molecule has 0 fully saturated rings. The lowest BCUT2D eigenvalue weighted by Gasteiger charge is -2.23. The highest BCUT2D eigenvalue weighted by Crippen LogP contribution is 2.38. The maximum atomic E-state index is 13.2. The Morgan fingerprint density at radius 1 is 1.03 bits per heavy atom. The van der Waals surface area contributed by atoms with Gasteiger partial charge in [0.15, 0.2) is 18.1 Å². The minimum Gasteiger partial charge on any atom is -0.494 e. The molecule has 0 N–H and O–H groups in total. The van der Waals surface area contributed by atoms with Crippen molar-refractivity contribution < 1.29 is 23.7 Å². The Morgan fingerprint density at radius 3 is 2.39 bits per heavy atom. The zero-order chi connectivity index (χ0) is 23.2. The molecule has 0 bridgehead atoms. The predicted octanol–water partition coefficient (Wildman–Crippen LogP) is 4.92. The maximum Gasteiger partial charge on any atom is 0.281 e. The van der Waals surface area contributed by atoms with Crippen molar-refractivity contribution in [1.29, 1.82) is 0 Å². The van der Waals surface area contributed by atoms with E-state index in [9.17, 15) is 4.79 Å². The van der Waals surface area contributed by atoms with E-state index < -0.39 is 0 Å². The molecule has 1 unspecified atom stereocenters. The third-order valence-electron chi connectivity index (χ3n) is 5.26. The summed E-state index contributed by atoms with van der Waals surface area (Å²) in [6, 6.07) is 16.6. The first-order chi connectivity index (χ1) is 16.1. The number of hydrogen-bond acceptors (Lipinski definition) is 7. The molecule has 33 heavy (non-hydrogen) atoms. The number of nitrogens with zero attached hydrogens (tertiary/aromatic N) is 2. The fourth-order valence-corrected chi connectivity index (χ4v) is 4.38. The van der Waals surface area contributed by atoms with Gasteiger partial charge in [-0.25, -0.2) is 5.01 Å². The number of hydrazone groups is 1. The Morgan fingerprint density at radius 2 is 1.76 bits per heavy atom. The molecule has 1 atom stereocenters. The third kappa shape index (κ3) is 5.12. The van der Waals surface area contributed by atoms with Gasteiger partial charge in [-0.05, 0) is 60.3 Å². The first-order valence-electron chi connectivity index (χ1n) is 10.6. The molecule has 0 aliphatic carbocycles. The molecule has 0 radical (unpaired) electrons. The second kappa shape index (κ2) is 10.4. The summed E-state index contributed by atoms with van der Waals surface area (Å²) in [5.41, 5.74) is 1.79. The molecule has 1 amide bonds. The SMILES string of the molecule is CCOc1ccc(OCC(=O)N2N=C(c3cccs3)CC2c2ccc(OC)c(OC)c2)cc1. The monoisotopic (exact) mass is 466 g/mol. The lowest BCUT2D eigenvalue weighted by Crippen LogP contribution is -2.31. The van der Waals surface area contributed by atoms with Gasteiger partial charge in [0.05, 0.1) is 37.5 Å². The van der Waals surface area contributed by atoms with Gasteiger partial charge in [0, 0.05) is 6.42 Å². The molecular weight excluding hydrogens is 440 g/mol. The summed E-state index contributed by atoms with van der Waals surface area (Å²) in [5, 5.41) is 8.20. The van der Waals surface area contributed by atoms with Gasteiger partial charge in [0.25, 0.3) is 5.91 Å². The van der Waals surface area contributed by atoms with E-state index in [0.29, 0.717) is 30.3 Å². The van der Waals surface area contributed by atoms with E-state index in [4.69, 9.17) is 18.9 Å². The fraction of sp³-hybridized carbons (Fsp3) is 0.280. The average Bonchev–Trinajstić information content (AvgIpc) is 3.53. The summed E-state index contributed by atoms with van der Waals surface area (Å²) in [6.07, 6.45) is 0.602. The summed E-state index contributed by atoms with van der Waals surface area (Å²) >= 11 is 1.60. The highest BCUT2D eigenvalue weighted by molar-refractivity contribution is 7.12. The van der Waals surface area contributed by atoms with Gasteiger partial charge >= 0.3 is 0 Å². The van der Waals surface area contributed by atoms with E-state index in [0.717, 1.165) is 21.9 Å². The van der Waals surface area contributed by atoms with Crippen molar-refractivity contribution in [1.82, 2.24) is 5.01 Å². The number of thiophene rings is 1. The van der Waals surface area contributed by atoms with Crippen LogP contribution in [0.15, 0.2) is 65.1 Å². The van der Waals surface area contributed by atoms with E-state index >= 15 is 0 Å². The van der Waals surface area contributed by atoms with Gasteiger partial charge in [-0.3, -0.25) is 4.79 Å². The van der Waals surface area contributed by atoms with E-state index in [2.05, 4.69) is 5.10 Å². The van der Waals surface area contributed by atoms with Crippen LogP contribution in [0.25, 0.3) is 0 Å². The van der Waals surface area contributed by atoms with Crippen LogP contribution >= 0.6 is 11.3 Å². The predicted molar refractivity (Wildman–Crippen MR) is 128 cm³/mol. The quantitative estimate of drug-likeness (QED) is 0.448. The minimum absolute atomic E-state index is 0.126. The van der Waals surface area contributed by atoms with E-state index in [1.807, 2.05) is 54.8 Å². The van der Waals surface area contributed by atoms with Gasteiger partial charge in [-0.2, -0.15) is 5.10 Å². The molecule has 8 heteroatoms. The number of methoxy groups -OCH3 is 2. The van der Waals surface area contributed by atoms with Gasteiger partial charge in [0.1, 0.15) is 11.5 Å². The van der Waals surface area contributed by atoms with Gasteiger partial charge in [-0.1, -0.05) is 12.1 Å². The molecule has 7 nitrogen and oxygen atoms in total. The summed E-state index contributed by atoms with van der Waals surface area (Å²) in [5.74, 6) is 2.37. The van der Waals surface area contributed by atoms with Gasteiger partial charge in [-0.15, -0.1) is 11.3 Å². The van der Waals surface area contributed by atoms with E-state index in [1.165, 1.54) is 5.01 Å². The second-order valence-corrected chi connectivity index (χ2v) is 8.24. The van der Waals surface area contributed by atoms with Crippen molar-refractivity contribution in [2.75, 3.05) is 27.4 Å². The van der Waals surface area contributed by atoms with Crippen LogP contribution in [0.5, 0.6) is 23.0 Å². The van der Waals surface area contributed by atoms with Crippen molar-refractivity contribution in [3.05, 3.63) is 70.4 Å². The number of hydrogen-bond donors (Lipinski definition) is 0. The van der Waals surface area contributed by atoms with Crippen LogP contribution in [0.3, 0.4) is 0 Å². The van der Waals surface area contributed by atoms with Crippen molar-refractivity contribution in [2.45, 2.75) is 19.4 Å². The molecule has 0 saturated carbocycles.